The molecular formula is C57H70N2O4S2. The van der Waals surface area contributed by atoms with Crippen LogP contribution in [0.2, 0.25) is 0 Å². The second-order valence-corrected chi connectivity index (χ2v) is 19.9. The molecule has 3 aromatic heterocycles. The number of hydrogen-bond donors (Lipinski definition) is 1. The molecule has 0 amide bonds. The van der Waals surface area contributed by atoms with Crippen LogP contribution in [-0.2, 0) is 5.41 Å². The van der Waals surface area contributed by atoms with Gasteiger partial charge in [0.1, 0.15) is 17.2 Å². The maximum Gasteiger partial charge on any atom is 0.354 e. The minimum atomic E-state index is -1.000. The highest BCUT2D eigenvalue weighted by Gasteiger charge is 2.45. The number of pyridine rings is 1. The molecule has 3 heterocycles. The van der Waals surface area contributed by atoms with E-state index in [9.17, 15) is 9.90 Å². The van der Waals surface area contributed by atoms with Gasteiger partial charge in [0, 0.05) is 53.7 Å². The Morgan fingerprint density at radius 3 is 1.37 bits per heavy atom. The molecule has 0 aliphatic heterocycles. The van der Waals surface area contributed by atoms with E-state index in [0.717, 1.165) is 77.9 Å². The maximum atomic E-state index is 11.6. The summed E-state index contributed by atoms with van der Waals surface area (Å²) in [5.74, 6) is 0.803. The third kappa shape index (κ3) is 11.9. The number of ether oxygens (including phenoxy) is 2. The fourth-order valence-electron chi connectivity index (χ4n) is 9.34. The Balaban J connectivity index is 1.21. The van der Waals surface area contributed by atoms with Gasteiger partial charge in [0.15, 0.2) is 0 Å². The summed E-state index contributed by atoms with van der Waals surface area (Å²) in [4.78, 5) is 23.5. The summed E-state index contributed by atoms with van der Waals surface area (Å²) in [6.07, 6.45) is 23.3. The van der Waals surface area contributed by atoms with Gasteiger partial charge in [-0.05, 0) is 127 Å². The van der Waals surface area contributed by atoms with Gasteiger partial charge in [-0.3, -0.25) is 0 Å². The zero-order valence-electron chi connectivity index (χ0n) is 39.3. The van der Waals surface area contributed by atoms with Crippen LogP contribution < -0.4 is 14.4 Å². The summed E-state index contributed by atoms with van der Waals surface area (Å²) in [5.41, 5.74) is 8.44. The van der Waals surface area contributed by atoms with Crippen LogP contribution in [-0.4, -0.2) is 29.3 Å². The van der Waals surface area contributed by atoms with Crippen molar-refractivity contribution in [2.24, 2.45) is 0 Å². The Morgan fingerprint density at radius 2 is 0.954 bits per heavy atom. The molecule has 344 valence electrons. The number of unbranched alkanes of at least 4 members (excludes halogenated alkanes) is 12. The van der Waals surface area contributed by atoms with Crippen molar-refractivity contribution < 1.29 is 19.4 Å². The number of benzene rings is 3. The number of fused-ring (bicyclic) bond motifs is 3. The van der Waals surface area contributed by atoms with Crippen LogP contribution in [0.5, 0.6) is 11.5 Å². The number of nitrogens with zero attached hydrogens (tertiary/aromatic N) is 2. The fourth-order valence-corrected chi connectivity index (χ4v) is 12.0. The third-order valence-electron chi connectivity index (χ3n) is 13.0. The van der Waals surface area contributed by atoms with Crippen molar-refractivity contribution in [1.29, 1.82) is 0 Å². The molecule has 7 rings (SSSR count). The van der Waals surface area contributed by atoms with Crippen molar-refractivity contribution in [2.45, 2.75) is 149 Å². The van der Waals surface area contributed by atoms with Gasteiger partial charge >= 0.3 is 5.97 Å². The second-order valence-electron chi connectivity index (χ2n) is 17.8. The van der Waals surface area contributed by atoms with Gasteiger partial charge in [0.2, 0.25) is 0 Å². The van der Waals surface area contributed by atoms with E-state index in [1.807, 2.05) is 28.7 Å². The van der Waals surface area contributed by atoms with Crippen LogP contribution in [0.15, 0.2) is 103 Å². The Morgan fingerprint density at radius 1 is 0.538 bits per heavy atom. The molecule has 65 heavy (non-hydrogen) atoms. The molecule has 0 saturated carbocycles. The van der Waals surface area contributed by atoms with Gasteiger partial charge in [-0.25, -0.2) is 9.78 Å². The zero-order chi connectivity index (χ0) is 45.4. The largest absolute Gasteiger partial charge is 0.494 e. The van der Waals surface area contributed by atoms with Crippen molar-refractivity contribution in [2.75, 3.05) is 18.1 Å². The van der Waals surface area contributed by atoms with E-state index in [1.54, 1.807) is 12.3 Å². The van der Waals surface area contributed by atoms with Crippen molar-refractivity contribution in [3.63, 3.8) is 0 Å². The van der Waals surface area contributed by atoms with Gasteiger partial charge in [0.25, 0.3) is 0 Å². The summed E-state index contributed by atoms with van der Waals surface area (Å²) in [6.45, 7) is 10.5. The second kappa shape index (κ2) is 24.0. The number of carbonyl (C=O) groups is 1. The summed E-state index contributed by atoms with van der Waals surface area (Å²) in [5, 5.41) is 9.54. The number of anilines is 3. The molecule has 8 heteroatoms. The minimum Gasteiger partial charge on any atom is -0.494 e. The first-order chi connectivity index (χ1) is 31.9. The van der Waals surface area contributed by atoms with E-state index in [1.165, 1.54) is 121 Å². The standard InChI is InChI=1S/C57H70N2O4S2/c1-5-9-13-17-35-57(36-18-14-10-6-2)49-39-52(64-54(49)55-50(57)40-53(65-55)43-23-34-51(56(60)61)58-41-43)42-21-24-44(25-22-42)59(45-26-30-47(31-27-45)62-37-19-15-11-7-3)46-28-32-48(33-29-46)63-38-20-16-12-8-4/h21-34,39-41H,5-20,35-38H2,1-4H3,(H,60,61). The Bertz CT molecular complexity index is 2290. The number of thiophene rings is 2. The molecule has 0 saturated heterocycles. The molecule has 0 fully saturated rings. The molecule has 0 unspecified atom stereocenters. The van der Waals surface area contributed by atoms with E-state index in [4.69, 9.17) is 9.47 Å². The van der Waals surface area contributed by atoms with Crippen molar-refractivity contribution in [3.8, 4) is 42.1 Å². The van der Waals surface area contributed by atoms with Crippen LogP contribution in [0, 0.1) is 0 Å². The zero-order valence-corrected chi connectivity index (χ0v) is 41.0. The normalized spacial score (nSPS) is 12.6. The van der Waals surface area contributed by atoms with E-state index in [-0.39, 0.29) is 11.1 Å². The Hall–Kier alpha value is -4.92. The fraction of sp³-hybridized carbons (Fsp3) is 0.439. The van der Waals surface area contributed by atoms with Gasteiger partial charge in [0.05, 0.1) is 13.2 Å². The highest BCUT2D eigenvalue weighted by molar-refractivity contribution is 7.25. The van der Waals surface area contributed by atoms with Crippen molar-refractivity contribution in [1.82, 2.24) is 4.98 Å². The average molecular weight is 911 g/mol. The monoisotopic (exact) mass is 910 g/mol. The Labute approximate surface area is 397 Å². The molecular weight excluding hydrogens is 841 g/mol. The quantitative estimate of drug-likeness (QED) is 0.0495. The molecule has 1 aliphatic rings. The number of carboxylic acids is 1. The lowest BCUT2D eigenvalue weighted by atomic mass is 9.71. The number of rotatable bonds is 28. The van der Waals surface area contributed by atoms with Gasteiger partial charge < -0.3 is 19.5 Å². The topological polar surface area (TPSA) is 71.9 Å². The molecule has 0 spiro atoms. The molecule has 6 aromatic rings. The number of hydrogen-bond acceptors (Lipinski definition) is 7. The summed E-state index contributed by atoms with van der Waals surface area (Å²) >= 11 is 3.78. The molecule has 1 N–H and O–H groups in total. The molecule has 0 atom stereocenters. The summed E-state index contributed by atoms with van der Waals surface area (Å²) in [6, 6.07) is 34.7. The first-order valence-electron chi connectivity index (χ1n) is 24.7. The lowest BCUT2D eigenvalue weighted by Crippen LogP contribution is -2.25. The SMILES string of the molecule is CCCCCCOc1ccc(N(c2ccc(OCCCCCC)cc2)c2ccc(-c3cc4c(s3)-c3sc(-c5ccc(C(=O)O)nc5)cc3C4(CCCCCC)CCCCCC)cc2)cc1. The van der Waals surface area contributed by atoms with Gasteiger partial charge in [-0.2, -0.15) is 0 Å². The molecule has 3 aromatic carbocycles. The van der Waals surface area contributed by atoms with E-state index < -0.39 is 5.97 Å². The predicted octanol–water partition coefficient (Wildman–Crippen LogP) is 17.8. The number of aromatic carboxylic acids is 1. The van der Waals surface area contributed by atoms with Crippen LogP contribution in [0.4, 0.5) is 17.1 Å². The lowest BCUT2D eigenvalue weighted by molar-refractivity contribution is 0.0690. The molecule has 0 bridgehead atoms. The van der Waals surface area contributed by atoms with Crippen LogP contribution in [0.1, 0.15) is 165 Å². The van der Waals surface area contributed by atoms with Gasteiger partial charge in [-0.15, -0.1) is 22.7 Å². The average Bonchev–Trinajstić information content (AvgIpc) is 4.04. The smallest absolute Gasteiger partial charge is 0.354 e. The van der Waals surface area contributed by atoms with Crippen LogP contribution >= 0.6 is 22.7 Å². The Kier molecular flexibility index (Phi) is 17.8. The van der Waals surface area contributed by atoms with Crippen molar-refractivity contribution in [3.05, 3.63) is 120 Å². The van der Waals surface area contributed by atoms with Crippen LogP contribution in [0.3, 0.4) is 0 Å². The molecule has 1 aliphatic carbocycles. The van der Waals surface area contributed by atoms with E-state index in [0.29, 0.717) is 0 Å². The summed E-state index contributed by atoms with van der Waals surface area (Å²) < 4.78 is 12.3. The molecule has 0 radical (unpaired) electrons. The highest BCUT2D eigenvalue weighted by Crippen LogP contribution is 2.61. The first-order valence-corrected chi connectivity index (χ1v) is 26.4. The number of carboxylic acid groups (broad SMARTS) is 1. The van der Waals surface area contributed by atoms with E-state index >= 15 is 0 Å². The third-order valence-corrected chi connectivity index (χ3v) is 15.5. The predicted molar refractivity (Wildman–Crippen MR) is 276 cm³/mol. The molecule has 6 nitrogen and oxygen atoms in total. The summed E-state index contributed by atoms with van der Waals surface area (Å²) in [7, 11) is 0. The van der Waals surface area contributed by atoms with E-state index in [2.05, 4.69) is 123 Å². The van der Waals surface area contributed by atoms with Crippen LogP contribution in [0.25, 0.3) is 30.6 Å². The highest BCUT2D eigenvalue weighted by atomic mass is 32.1. The number of aromatic nitrogens is 1. The minimum absolute atomic E-state index is 0.0441. The lowest BCUT2D eigenvalue weighted by Gasteiger charge is -2.31. The maximum absolute atomic E-state index is 11.6. The first kappa shape index (κ1) is 48.0. The van der Waals surface area contributed by atoms with Gasteiger partial charge in [-0.1, -0.05) is 130 Å². The van der Waals surface area contributed by atoms with Crippen molar-refractivity contribution >= 4 is 45.7 Å².